The van der Waals surface area contributed by atoms with Crippen molar-refractivity contribution in [3.05, 3.63) is 90.0 Å². The van der Waals surface area contributed by atoms with Gasteiger partial charge in [0.15, 0.2) is 9.60 Å². The van der Waals surface area contributed by atoms with Gasteiger partial charge in [0.1, 0.15) is 6.61 Å². The number of esters is 1. The molecule has 3 rings (SSSR count). The van der Waals surface area contributed by atoms with E-state index in [2.05, 4.69) is 0 Å². The Morgan fingerprint density at radius 2 is 1.61 bits per heavy atom. The van der Waals surface area contributed by atoms with E-state index in [9.17, 15) is 9.35 Å². The third-order valence-corrected chi connectivity index (χ3v) is 6.12. The van der Waals surface area contributed by atoms with E-state index in [-0.39, 0.29) is 19.0 Å². The molecule has 0 spiro atoms. The van der Waals surface area contributed by atoms with Crippen LogP contribution >= 0.6 is 11.6 Å². The maximum atomic E-state index is 12.5. The largest absolute Gasteiger partial charge is 0.610 e. The molecule has 0 radical (unpaired) electrons. The summed E-state index contributed by atoms with van der Waals surface area (Å²) in [4.78, 5) is 12.8. The SMILES string of the molecule is CC(Cl)[S+]([O-])c1ccccc1-c1ccc(CC(=O)OCc2ccccc2)cc1. The Balaban J connectivity index is 1.66. The molecule has 2 atom stereocenters. The molecule has 0 bridgehead atoms. The van der Waals surface area contributed by atoms with Crippen LogP contribution in [0.25, 0.3) is 11.1 Å². The molecule has 28 heavy (non-hydrogen) atoms. The van der Waals surface area contributed by atoms with Crippen LogP contribution in [0.15, 0.2) is 83.8 Å². The van der Waals surface area contributed by atoms with E-state index in [0.29, 0.717) is 4.90 Å². The molecule has 5 heteroatoms. The van der Waals surface area contributed by atoms with Crippen molar-refractivity contribution in [3.8, 4) is 11.1 Å². The first-order valence-corrected chi connectivity index (χ1v) is 10.6. The molecule has 144 valence electrons. The van der Waals surface area contributed by atoms with Crippen molar-refractivity contribution >= 4 is 28.7 Å². The van der Waals surface area contributed by atoms with Gasteiger partial charge in [0, 0.05) is 16.7 Å². The summed E-state index contributed by atoms with van der Waals surface area (Å²) in [6.45, 7) is 1.99. The number of halogens is 1. The lowest BCUT2D eigenvalue weighted by molar-refractivity contribution is -0.144. The molecule has 0 aromatic heterocycles. The lowest BCUT2D eigenvalue weighted by Crippen LogP contribution is -2.12. The summed E-state index contributed by atoms with van der Waals surface area (Å²) >= 11 is 4.74. The highest BCUT2D eigenvalue weighted by Crippen LogP contribution is 2.30. The summed E-state index contributed by atoms with van der Waals surface area (Å²) in [5.41, 5.74) is 3.64. The number of alkyl halides is 1. The summed E-state index contributed by atoms with van der Waals surface area (Å²) in [6, 6.07) is 24.8. The van der Waals surface area contributed by atoms with E-state index in [1.807, 2.05) is 78.9 Å². The molecule has 0 N–H and O–H groups in total. The molecule has 3 aromatic rings. The van der Waals surface area contributed by atoms with E-state index >= 15 is 0 Å². The van der Waals surface area contributed by atoms with Gasteiger partial charge in [-0.3, -0.25) is 4.79 Å². The van der Waals surface area contributed by atoms with E-state index in [4.69, 9.17) is 16.3 Å². The number of benzene rings is 3. The standard InChI is InChI=1S/C23H21ClO3S/c1-17(24)28(26)22-10-6-5-9-21(22)20-13-11-18(12-14-20)15-23(25)27-16-19-7-3-2-4-8-19/h2-14,17H,15-16H2,1H3. The van der Waals surface area contributed by atoms with Gasteiger partial charge in [0.2, 0.25) is 0 Å². The summed E-state index contributed by atoms with van der Waals surface area (Å²) < 4.78 is 17.3. The van der Waals surface area contributed by atoms with Crippen LogP contribution in [0.5, 0.6) is 0 Å². The van der Waals surface area contributed by atoms with E-state index in [1.54, 1.807) is 6.92 Å². The van der Waals surface area contributed by atoms with Gasteiger partial charge in [-0.1, -0.05) is 78.3 Å². The zero-order chi connectivity index (χ0) is 19.9. The second kappa shape index (κ2) is 9.78. The van der Waals surface area contributed by atoms with E-state index < -0.39 is 15.9 Å². The molecule has 0 aliphatic carbocycles. The molecular weight excluding hydrogens is 392 g/mol. The molecule has 2 unspecified atom stereocenters. The molecule has 0 saturated heterocycles. The molecule has 0 fully saturated rings. The van der Waals surface area contributed by atoms with E-state index in [0.717, 1.165) is 22.3 Å². The fourth-order valence-electron chi connectivity index (χ4n) is 2.81. The minimum atomic E-state index is -1.29. The van der Waals surface area contributed by atoms with Crippen molar-refractivity contribution in [3.63, 3.8) is 0 Å². The third kappa shape index (κ3) is 5.38. The summed E-state index contributed by atoms with van der Waals surface area (Å²) in [7, 11) is 0. The fraction of sp³-hybridized carbons (Fsp3) is 0.174. The van der Waals surface area contributed by atoms with Crippen molar-refractivity contribution < 1.29 is 14.1 Å². The van der Waals surface area contributed by atoms with Crippen molar-refractivity contribution in [2.45, 2.75) is 29.6 Å². The lowest BCUT2D eigenvalue weighted by atomic mass is 10.0. The van der Waals surface area contributed by atoms with Gasteiger partial charge in [-0.15, -0.1) is 0 Å². The van der Waals surface area contributed by atoms with Gasteiger partial charge < -0.3 is 9.29 Å². The zero-order valence-electron chi connectivity index (χ0n) is 15.5. The minimum Gasteiger partial charge on any atom is -0.610 e. The van der Waals surface area contributed by atoms with Gasteiger partial charge >= 0.3 is 5.97 Å². The Hall–Kier alpha value is -2.27. The Labute approximate surface area is 173 Å². The van der Waals surface area contributed by atoms with Crippen LogP contribution in [0.1, 0.15) is 18.1 Å². The first-order valence-electron chi connectivity index (χ1n) is 8.97. The highest BCUT2D eigenvalue weighted by atomic mass is 35.5. The average Bonchev–Trinajstić information content (AvgIpc) is 2.73. The third-order valence-electron chi connectivity index (χ3n) is 4.25. The number of carbonyl (C=O) groups is 1. The average molecular weight is 413 g/mol. The highest BCUT2D eigenvalue weighted by Gasteiger charge is 2.21. The number of hydrogen-bond donors (Lipinski definition) is 0. The van der Waals surface area contributed by atoms with Crippen LogP contribution in [0.3, 0.4) is 0 Å². The zero-order valence-corrected chi connectivity index (χ0v) is 17.1. The molecular formula is C23H21ClO3S. The van der Waals surface area contributed by atoms with Crippen LogP contribution in [0.4, 0.5) is 0 Å². The Bertz CT molecular complexity index is 911. The molecule has 3 nitrogen and oxygen atoms in total. The predicted molar refractivity (Wildman–Crippen MR) is 114 cm³/mol. The van der Waals surface area contributed by atoms with Crippen molar-refractivity contribution in [2.24, 2.45) is 0 Å². The number of carbonyl (C=O) groups excluding carboxylic acids is 1. The topological polar surface area (TPSA) is 49.4 Å². The van der Waals surface area contributed by atoms with Crippen molar-refractivity contribution in [1.29, 1.82) is 0 Å². The molecule has 0 aliphatic heterocycles. The van der Waals surface area contributed by atoms with Crippen LogP contribution in [0, 0.1) is 0 Å². The maximum Gasteiger partial charge on any atom is 0.310 e. The van der Waals surface area contributed by atoms with Gasteiger partial charge in [-0.25, -0.2) is 0 Å². The smallest absolute Gasteiger partial charge is 0.310 e. The van der Waals surface area contributed by atoms with Crippen LogP contribution in [-0.2, 0) is 33.7 Å². The first-order chi connectivity index (χ1) is 13.5. The number of hydrogen-bond acceptors (Lipinski definition) is 3. The van der Waals surface area contributed by atoms with Gasteiger partial charge in [0.25, 0.3) is 0 Å². The molecule has 0 aliphatic rings. The second-order valence-corrected chi connectivity index (χ2v) is 9.01. The Morgan fingerprint density at radius 1 is 0.964 bits per heavy atom. The quantitative estimate of drug-likeness (QED) is 0.299. The monoisotopic (exact) mass is 412 g/mol. The first kappa shape index (κ1) is 20.5. The van der Waals surface area contributed by atoms with Crippen LogP contribution in [0.2, 0.25) is 0 Å². The van der Waals surface area contributed by atoms with Crippen molar-refractivity contribution in [1.82, 2.24) is 0 Å². The van der Waals surface area contributed by atoms with Gasteiger partial charge in [-0.2, -0.15) is 0 Å². The van der Waals surface area contributed by atoms with Gasteiger partial charge in [-0.05, 0) is 35.7 Å². The Morgan fingerprint density at radius 3 is 2.29 bits per heavy atom. The maximum absolute atomic E-state index is 12.5. The summed E-state index contributed by atoms with van der Waals surface area (Å²) in [5.74, 6) is -0.269. The van der Waals surface area contributed by atoms with Gasteiger partial charge in [0.05, 0.1) is 6.42 Å². The van der Waals surface area contributed by atoms with E-state index in [1.165, 1.54) is 0 Å². The predicted octanol–water partition coefficient (Wildman–Crippen LogP) is 5.33. The summed E-state index contributed by atoms with van der Waals surface area (Å²) in [6.07, 6.45) is 0.208. The minimum absolute atomic E-state index is 0.208. The van der Waals surface area contributed by atoms with Crippen LogP contribution < -0.4 is 0 Å². The molecule has 0 heterocycles. The van der Waals surface area contributed by atoms with Crippen LogP contribution in [-0.4, -0.2) is 15.2 Å². The second-order valence-electron chi connectivity index (χ2n) is 6.36. The lowest BCUT2D eigenvalue weighted by Gasteiger charge is -2.16. The fourth-order valence-corrected chi connectivity index (χ4v) is 4.07. The molecule has 0 saturated carbocycles. The molecule has 0 amide bonds. The molecule has 3 aromatic carbocycles. The highest BCUT2D eigenvalue weighted by molar-refractivity contribution is 7.93. The summed E-state index contributed by atoms with van der Waals surface area (Å²) in [5, 5.41) is 0. The normalized spacial score (nSPS) is 13.0. The number of rotatable bonds is 7. The Kier molecular flexibility index (Phi) is 7.15. The number of ether oxygens (including phenoxy) is 1. The van der Waals surface area contributed by atoms with Crippen molar-refractivity contribution in [2.75, 3.05) is 0 Å².